The van der Waals surface area contributed by atoms with Crippen LogP contribution in [0.4, 0.5) is 0 Å². The van der Waals surface area contributed by atoms with E-state index in [9.17, 15) is 8.42 Å². The molecule has 128 valence electrons. The van der Waals surface area contributed by atoms with E-state index in [0.29, 0.717) is 12.5 Å². The zero-order valence-electron chi connectivity index (χ0n) is 12.9. The van der Waals surface area contributed by atoms with Crippen LogP contribution < -0.4 is 10.5 Å². The fourth-order valence-electron chi connectivity index (χ4n) is 2.43. The molecule has 0 aromatic heterocycles. The first-order valence-electron chi connectivity index (χ1n) is 7.78. The highest BCUT2D eigenvalue weighted by Gasteiger charge is 2.18. The van der Waals surface area contributed by atoms with Crippen molar-refractivity contribution in [2.24, 2.45) is 10.7 Å². The van der Waals surface area contributed by atoms with Gasteiger partial charge in [-0.15, -0.1) is 0 Å². The number of ether oxygens (including phenoxy) is 1. The standard InChI is InChI=1S/C13H26N4O3S2/c14-13(17-5-8-21-9-6-17)15-4-10-22(18,19)16-11-12-3-1-2-7-20-12/h12,16H,1-11H2,(H2,14,15). The lowest BCUT2D eigenvalue weighted by Gasteiger charge is -2.27. The Balaban J connectivity index is 1.69. The van der Waals surface area contributed by atoms with Gasteiger partial charge in [-0.2, -0.15) is 11.8 Å². The summed E-state index contributed by atoms with van der Waals surface area (Å²) in [6.07, 6.45) is 3.08. The molecular formula is C13H26N4O3S2. The summed E-state index contributed by atoms with van der Waals surface area (Å²) >= 11 is 1.89. The molecule has 9 heteroatoms. The van der Waals surface area contributed by atoms with Crippen molar-refractivity contribution in [1.29, 1.82) is 0 Å². The van der Waals surface area contributed by atoms with Gasteiger partial charge in [0.25, 0.3) is 0 Å². The number of nitrogens with zero attached hydrogens (tertiary/aromatic N) is 2. The Morgan fingerprint density at radius 2 is 2.14 bits per heavy atom. The van der Waals surface area contributed by atoms with Crippen molar-refractivity contribution in [2.75, 3.05) is 50.0 Å². The SMILES string of the molecule is NC(=NCCS(=O)(=O)NCC1CCCCO1)N1CCSCC1. The lowest BCUT2D eigenvalue weighted by molar-refractivity contribution is 0.0200. The summed E-state index contributed by atoms with van der Waals surface area (Å²) in [6, 6.07) is 0. The molecule has 0 radical (unpaired) electrons. The Hall–Kier alpha value is -0.510. The maximum Gasteiger partial charge on any atom is 0.213 e. The zero-order valence-corrected chi connectivity index (χ0v) is 14.5. The number of hydrogen-bond donors (Lipinski definition) is 2. The third kappa shape index (κ3) is 6.31. The second-order valence-electron chi connectivity index (χ2n) is 5.50. The minimum absolute atomic E-state index is 0.00273. The van der Waals surface area contributed by atoms with Crippen LogP contribution >= 0.6 is 11.8 Å². The number of nitrogens with two attached hydrogens (primary N) is 1. The van der Waals surface area contributed by atoms with Crippen molar-refractivity contribution in [1.82, 2.24) is 9.62 Å². The Kier molecular flexibility index (Phi) is 7.26. The number of rotatable bonds is 6. The van der Waals surface area contributed by atoms with E-state index in [1.165, 1.54) is 0 Å². The quantitative estimate of drug-likeness (QED) is 0.510. The van der Waals surface area contributed by atoms with Gasteiger partial charge in [-0.05, 0) is 19.3 Å². The van der Waals surface area contributed by atoms with Gasteiger partial charge in [-0.3, -0.25) is 4.99 Å². The van der Waals surface area contributed by atoms with Crippen LogP contribution in [0.3, 0.4) is 0 Å². The molecule has 0 aromatic carbocycles. The first kappa shape index (κ1) is 17.8. The average Bonchev–Trinajstić information content (AvgIpc) is 2.55. The molecule has 1 unspecified atom stereocenters. The summed E-state index contributed by atoms with van der Waals surface area (Å²) in [5.74, 6) is 2.49. The largest absolute Gasteiger partial charge is 0.377 e. The number of thioether (sulfide) groups is 1. The van der Waals surface area contributed by atoms with Crippen molar-refractivity contribution in [2.45, 2.75) is 25.4 Å². The van der Waals surface area contributed by atoms with Gasteiger partial charge in [0.15, 0.2) is 5.96 Å². The molecule has 2 saturated heterocycles. The average molecular weight is 351 g/mol. The molecule has 0 bridgehead atoms. The minimum atomic E-state index is -3.32. The molecule has 2 heterocycles. The number of nitrogens with one attached hydrogen (secondary N) is 1. The number of sulfonamides is 1. The van der Waals surface area contributed by atoms with Gasteiger partial charge in [0.05, 0.1) is 18.4 Å². The molecule has 0 saturated carbocycles. The van der Waals surface area contributed by atoms with E-state index < -0.39 is 10.0 Å². The molecule has 0 spiro atoms. The van der Waals surface area contributed by atoms with E-state index in [4.69, 9.17) is 10.5 Å². The molecule has 0 aromatic rings. The van der Waals surface area contributed by atoms with Crippen LogP contribution in [-0.4, -0.2) is 75.4 Å². The highest BCUT2D eigenvalue weighted by molar-refractivity contribution is 7.99. The summed E-state index contributed by atoms with van der Waals surface area (Å²) in [5.41, 5.74) is 5.90. The Labute approximate surface area is 137 Å². The predicted octanol–water partition coefficient (Wildman–Crippen LogP) is -0.162. The number of hydrogen-bond acceptors (Lipinski definition) is 5. The van der Waals surface area contributed by atoms with E-state index >= 15 is 0 Å². The third-order valence-corrected chi connectivity index (χ3v) is 6.04. The fraction of sp³-hybridized carbons (Fsp3) is 0.923. The van der Waals surface area contributed by atoms with Gasteiger partial charge in [-0.1, -0.05) is 0 Å². The van der Waals surface area contributed by atoms with Gasteiger partial charge >= 0.3 is 0 Å². The molecule has 2 aliphatic rings. The second-order valence-corrected chi connectivity index (χ2v) is 8.65. The summed E-state index contributed by atoms with van der Waals surface area (Å²) in [7, 11) is -3.32. The van der Waals surface area contributed by atoms with Gasteiger partial charge in [-0.25, -0.2) is 13.1 Å². The zero-order chi connectivity index (χ0) is 15.8. The van der Waals surface area contributed by atoms with E-state index in [1.807, 2.05) is 16.7 Å². The molecule has 0 aliphatic carbocycles. The monoisotopic (exact) mass is 350 g/mol. The molecule has 22 heavy (non-hydrogen) atoms. The molecule has 7 nitrogen and oxygen atoms in total. The first-order valence-corrected chi connectivity index (χ1v) is 10.6. The second kappa shape index (κ2) is 8.95. The molecular weight excluding hydrogens is 324 g/mol. The fourth-order valence-corrected chi connectivity index (χ4v) is 4.25. The van der Waals surface area contributed by atoms with Crippen LogP contribution in [0.25, 0.3) is 0 Å². The van der Waals surface area contributed by atoms with Crippen molar-refractivity contribution in [3.8, 4) is 0 Å². The lowest BCUT2D eigenvalue weighted by atomic mass is 10.1. The predicted molar refractivity (Wildman–Crippen MR) is 90.8 cm³/mol. The third-order valence-electron chi connectivity index (χ3n) is 3.77. The molecule has 2 aliphatic heterocycles. The topological polar surface area (TPSA) is 97.0 Å². The van der Waals surface area contributed by atoms with Crippen LogP contribution in [0, 0.1) is 0 Å². The van der Waals surface area contributed by atoms with Crippen LogP contribution in [0.5, 0.6) is 0 Å². The van der Waals surface area contributed by atoms with E-state index in [0.717, 1.165) is 50.5 Å². The summed E-state index contributed by atoms with van der Waals surface area (Å²) in [4.78, 5) is 6.19. The highest BCUT2D eigenvalue weighted by Crippen LogP contribution is 2.12. The maximum atomic E-state index is 11.9. The van der Waals surface area contributed by atoms with Crippen LogP contribution in [-0.2, 0) is 14.8 Å². The van der Waals surface area contributed by atoms with Gasteiger partial charge in [0.2, 0.25) is 10.0 Å². The van der Waals surface area contributed by atoms with Gasteiger partial charge in [0.1, 0.15) is 0 Å². The smallest absolute Gasteiger partial charge is 0.213 e. The van der Waals surface area contributed by atoms with E-state index in [1.54, 1.807) is 0 Å². The van der Waals surface area contributed by atoms with Crippen molar-refractivity contribution in [3.63, 3.8) is 0 Å². The Bertz CT molecular complexity index is 458. The maximum absolute atomic E-state index is 11.9. The van der Waals surface area contributed by atoms with Crippen LogP contribution in [0.1, 0.15) is 19.3 Å². The van der Waals surface area contributed by atoms with E-state index in [2.05, 4.69) is 9.71 Å². The summed E-state index contributed by atoms with van der Waals surface area (Å²) in [6.45, 7) is 3.02. The summed E-state index contributed by atoms with van der Waals surface area (Å²) < 4.78 is 32.0. The Morgan fingerprint density at radius 1 is 1.36 bits per heavy atom. The van der Waals surface area contributed by atoms with Crippen LogP contribution in [0.2, 0.25) is 0 Å². The number of guanidine groups is 1. The Morgan fingerprint density at radius 3 is 2.82 bits per heavy atom. The minimum Gasteiger partial charge on any atom is -0.377 e. The van der Waals surface area contributed by atoms with Gasteiger partial charge in [0, 0.05) is 37.7 Å². The molecule has 3 N–H and O–H groups in total. The van der Waals surface area contributed by atoms with Crippen molar-refractivity contribution < 1.29 is 13.2 Å². The normalized spacial score (nSPS) is 24.5. The molecule has 2 fully saturated rings. The lowest BCUT2D eigenvalue weighted by Crippen LogP contribution is -2.43. The summed E-state index contributed by atoms with van der Waals surface area (Å²) in [5, 5.41) is 0. The highest BCUT2D eigenvalue weighted by atomic mass is 32.2. The molecule has 2 rings (SSSR count). The molecule has 0 amide bonds. The van der Waals surface area contributed by atoms with Gasteiger partial charge < -0.3 is 15.4 Å². The van der Waals surface area contributed by atoms with E-state index in [-0.39, 0.29) is 18.4 Å². The van der Waals surface area contributed by atoms with Crippen molar-refractivity contribution in [3.05, 3.63) is 0 Å². The van der Waals surface area contributed by atoms with Crippen LogP contribution in [0.15, 0.2) is 4.99 Å². The number of aliphatic imine (C=N–C) groups is 1. The first-order chi connectivity index (χ1) is 10.6. The molecule has 1 atom stereocenters. The van der Waals surface area contributed by atoms with Crippen molar-refractivity contribution >= 4 is 27.7 Å².